The molecule has 170 valence electrons. The minimum Gasteiger partial charge on any atom is -0.493 e. The SMILES string of the molecule is COc1ccc2cc(NC(=O)C3NO[C@H]4[C@H](O)C=C[C@H]5SS[C@@H]3[C@]54O)c(=O)oc2c1OC. The Balaban J connectivity index is 1.44. The summed E-state index contributed by atoms with van der Waals surface area (Å²) in [5.41, 5.74) is 0.548. The number of carbonyl (C=O) groups is 1. The number of rotatable bonds is 4. The lowest BCUT2D eigenvalue weighted by molar-refractivity contribution is -0.213. The van der Waals surface area contributed by atoms with E-state index in [-0.39, 0.29) is 22.3 Å². The molecule has 1 aromatic heterocycles. The molecule has 2 aromatic rings. The van der Waals surface area contributed by atoms with Crippen molar-refractivity contribution in [3.8, 4) is 11.5 Å². The lowest BCUT2D eigenvalue weighted by atomic mass is 9.78. The zero-order valence-electron chi connectivity index (χ0n) is 16.9. The molecule has 1 aliphatic carbocycles. The Morgan fingerprint density at radius 1 is 1.25 bits per heavy atom. The third kappa shape index (κ3) is 3.13. The number of hydroxylamine groups is 1. The first-order valence-electron chi connectivity index (χ1n) is 9.70. The van der Waals surface area contributed by atoms with Crippen LogP contribution in [0.3, 0.4) is 0 Å². The third-order valence-corrected chi connectivity index (χ3v) is 9.12. The number of benzene rings is 1. The molecule has 1 aromatic carbocycles. The fourth-order valence-electron chi connectivity index (χ4n) is 4.21. The normalized spacial score (nSPS) is 33.1. The first-order valence-corrected chi connectivity index (χ1v) is 12.0. The smallest absolute Gasteiger partial charge is 0.360 e. The van der Waals surface area contributed by atoms with Crippen LogP contribution in [0.2, 0.25) is 0 Å². The minimum atomic E-state index is -1.45. The van der Waals surface area contributed by atoms with E-state index in [1.54, 1.807) is 24.3 Å². The highest BCUT2D eigenvalue weighted by molar-refractivity contribution is 8.77. The Morgan fingerprint density at radius 3 is 2.81 bits per heavy atom. The summed E-state index contributed by atoms with van der Waals surface area (Å²) < 4.78 is 15.9. The predicted molar refractivity (Wildman–Crippen MR) is 119 cm³/mol. The van der Waals surface area contributed by atoms with E-state index in [1.807, 2.05) is 0 Å². The Bertz CT molecular complexity index is 1170. The van der Waals surface area contributed by atoms with Gasteiger partial charge >= 0.3 is 5.63 Å². The van der Waals surface area contributed by atoms with Crippen molar-refractivity contribution >= 4 is 44.2 Å². The second-order valence-corrected chi connectivity index (χ2v) is 10.1. The van der Waals surface area contributed by atoms with E-state index in [2.05, 4.69) is 10.8 Å². The van der Waals surface area contributed by atoms with E-state index in [9.17, 15) is 19.8 Å². The molecule has 5 rings (SSSR count). The van der Waals surface area contributed by atoms with Gasteiger partial charge in [-0.15, -0.1) is 0 Å². The zero-order valence-corrected chi connectivity index (χ0v) is 18.6. The van der Waals surface area contributed by atoms with E-state index in [0.29, 0.717) is 11.1 Å². The van der Waals surface area contributed by atoms with Crippen LogP contribution < -0.4 is 25.9 Å². The maximum absolute atomic E-state index is 13.1. The summed E-state index contributed by atoms with van der Waals surface area (Å²) in [5.74, 6) is 0.0945. The number of amides is 1. The molecule has 0 saturated carbocycles. The molecule has 3 aliphatic rings. The summed E-state index contributed by atoms with van der Waals surface area (Å²) in [6.45, 7) is 0. The molecule has 2 saturated heterocycles. The first kappa shape index (κ1) is 21.6. The number of carbonyl (C=O) groups excluding carboxylic acids is 1. The van der Waals surface area contributed by atoms with Crippen LogP contribution >= 0.6 is 21.6 Å². The van der Waals surface area contributed by atoms with E-state index < -0.39 is 40.6 Å². The summed E-state index contributed by atoms with van der Waals surface area (Å²) in [7, 11) is 5.65. The van der Waals surface area contributed by atoms with Gasteiger partial charge in [0.2, 0.25) is 11.7 Å². The number of ether oxygens (including phenoxy) is 2. The van der Waals surface area contributed by atoms with Crippen LogP contribution in [0.15, 0.2) is 39.6 Å². The zero-order chi connectivity index (χ0) is 22.6. The molecular weight excluding hydrogens is 460 g/mol. The van der Waals surface area contributed by atoms with Crippen molar-refractivity contribution in [1.82, 2.24) is 5.48 Å². The van der Waals surface area contributed by atoms with Crippen molar-refractivity contribution in [2.24, 2.45) is 0 Å². The molecule has 1 unspecified atom stereocenters. The third-order valence-electron chi connectivity index (χ3n) is 5.83. The Hall–Kier alpha value is -2.22. The average Bonchev–Trinajstić information content (AvgIpc) is 3.12. The maximum atomic E-state index is 13.1. The van der Waals surface area contributed by atoms with Crippen LogP contribution in [0.1, 0.15) is 0 Å². The number of aliphatic hydroxyl groups excluding tert-OH is 1. The van der Waals surface area contributed by atoms with Gasteiger partial charge in [-0.3, -0.25) is 9.63 Å². The fourth-order valence-corrected chi connectivity index (χ4v) is 8.02. The van der Waals surface area contributed by atoms with Crippen molar-refractivity contribution in [1.29, 1.82) is 0 Å². The van der Waals surface area contributed by atoms with Gasteiger partial charge in [-0.05, 0) is 18.2 Å². The lowest BCUT2D eigenvalue weighted by Crippen LogP contribution is -2.72. The second-order valence-electron chi connectivity index (χ2n) is 7.59. The van der Waals surface area contributed by atoms with Gasteiger partial charge in [-0.1, -0.05) is 33.7 Å². The quantitative estimate of drug-likeness (QED) is 0.281. The number of anilines is 1. The monoisotopic (exact) mass is 480 g/mol. The van der Waals surface area contributed by atoms with Crippen LogP contribution in [0.5, 0.6) is 11.5 Å². The number of hydrogen-bond acceptors (Lipinski definition) is 11. The first-order chi connectivity index (χ1) is 15.4. The largest absolute Gasteiger partial charge is 0.493 e. The molecule has 0 spiro atoms. The van der Waals surface area contributed by atoms with Crippen molar-refractivity contribution in [2.75, 3.05) is 19.5 Å². The van der Waals surface area contributed by atoms with Crippen molar-refractivity contribution in [3.05, 3.63) is 40.8 Å². The Kier molecular flexibility index (Phi) is 5.39. The predicted octanol–water partition coefficient (Wildman–Crippen LogP) is 0.815. The summed E-state index contributed by atoms with van der Waals surface area (Å²) >= 11 is 0. The van der Waals surface area contributed by atoms with Crippen LogP contribution in [0.25, 0.3) is 11.0 Å². The molecule has 4 N–H and O–H groups in total. The Labute approximate surface area is 189 Å². The van der Waals surface area contributed by atoms with Gasteiger partial charge in [0, 0.05) is 5.39 Å². The van der Waals surface area contributed by atoms with Crippen LogP contribution in [0.4, 0.5) is 5.69 Å². The molecule has 12 heteroatoms. The number of hydrogen-bond donors (Lipinski definition) is 4. The van der Waals surface area contributed by atoms with Gasteiger partial charge in [-0.2, -0.15) is 5.48 Å². The summed E-state index contributed by atoms with van der Waals surface area (Å²) in [4.78, 5) is 31.1. The number of fused-ring (bicyclic) bond motifs is 1. The lowest BCUT2D eigenvalue weighted by Gasteiger charge is -2.48. The molecule has 1 amide bonds. The maximum Gasteiger partial charge on any atom is 0.360 e. The van der Waals surface area contributed by atoms with E-state index in [0.717, 1.165) is 0 Å². The van der Waals surface area contributed by atoms with E-state index in [4.69, 9.17) is 18.7 Å². The van der Waals surface area contributed by atoms with Gasteiger partial charge in [0.25, 0.3) is 0 Å². The van der Waals surface area contributed by atoms with Gasteiger partial charge in [0.15, 0.2) is 11.3 Å². The molecule has 6 atom stereocenters. The molecule has 3 heterocycles. The van der Waals surface area contributed by atoms with Crippen molar-refractivity contribution in [3.63, 3.8) is 0 Å². The number of nitrogens with one attached hydrogen (secondary N) is 2. The van der Waals surface area contributed by atoms with Gasteiger partial charge in [0.1, 0.15) is 29.5 Å². The highest BCUT2D eigenvalue weighted by Gasteiger charge is 2.64. The van der Waals surface area contributed by atoms with E-state index in [1.165, 1.54) is 41.9 Å². The molecule has 2 aliphatic heterocycles. The Morgan fingerprint density at radius 2 is 2.06 bits per heavy atom. The molecule has 32 heavy (non-hydrogen) atoms. The molecule has 2 fully saturated rings. The summed E-state index contributed by atoms with van der Waals surface area (Å²) in [5, 5.41) is 23.7. The van der Waals surface area contributed by atoms with E-state index >= 15 is 0 Å². The topological polar surface area (TPSA) is 139 Å². The average molecular weight is 481 g/mol. The van der Waals surface area contributed by atoms with Crippen LogP contribution in [-0.4, -0.2) is 64.7 Å². The molecule has 0 bridgehead atoms. The fraction of sp³-hybridized carbons (Fsp3) is 0.400. The van der Waals surface area contributed by atoms with Crippen molar-refractivity contribution in [2.45, 2.75) is 34.4 Å². The second kappa shape index (κ2) is 7.97. The number of aliphatic hydroxyl groups is 2. The molecular formula is C20H20N2O8S2. The molecule has 0 radical (unpaired) electrons. The standard InChI is InChI=1S/C20H20N2O8S2/c1-27-11-5-3-8-7-9(19(25)29-14(8)15(11)28-2)21-18(24)13-17-20(26)12(31-32-17)6-4-10(23)16(20)30-22-13/h3-7,10,12-13,16-17,22-23,26H,1-2H3,(H,21,24)/t10-,12-,13?,16+,17+,20+/m1/s1. The van der Waals surface area contributed by atoms with Crippen LogP contribution in [0, 0.1) is 0 Å². The highest BCUT2D eigenvalue weighted by Crippen LogP contribution is 2.56. The number of methoxy groups -OCH3 is 2. The van der Waals surface area contributed by atoms with Gasteiger partial charge in [0.05, 0.1) is 24.7 Å². The van der Waals surface area contributed by atoms with Gasteiger partial charge in [-0.25, -0.2) is 4.79 Å². The molecule has 10 nitrogen and oxygen atoms in total. The summed E-state index contributed by atoms with van der Waals surface area (Å²) in [6, 6.07) is 3.84. The van der Waals surface area contributed by atoms with Crippen molar-refractivity contribution < 1.29 is 33.7 Å². The minimum absolute atomic E-state index is 0.0681. The van der Waals surface area contributed by atoms with Crippen LogP contribution in [-0.2, 0) is 9.63 Å². The highest BCUT2D eigenvalue weighted by atomic mass is 33.1. The van der Waals surface area contributed by atoms with Gasteiger partial charge < -0.3 is 29.4 Å². The summed E-state index contributed by atoms with van der Waals surface area (Å²) in [6.07, 6.45) is 1.38.